The largest absolute Gasteiger partial charge is 0.464 e. The first-order valence-corrected chi connectivity index (χ1v) is 9.32. The van der Waals surface area contributed by atoms with Crippen molar-refractivity contribution < 1.29 is 19.1 Å². The Morgan fingerprint density at radius 3 is 2.32 bits per heavy atom. The number of rotatable bonds is 6. The average Bonchev–Trinajstić information content (AvgIpc) is 2.87. The molecule has 0 aliphatic heterocycles. The molecule has 0 fully saturated rings. The number of methoxy groups -OCH3 is 1. The number of nitrogens with zero attached hydrogens (tertiary/aromatic N) is 2. The molecule has 0 saturated heterocycles. The lowest BCUT2D eigenvalue weighted by molar-refractivity contribution is 0.0588. The van der Waals surface area contributed by atoms with Crippen LogP contribution in [0.3, 0.4) is 0 Å². The summed E-state index contributed by atoms with van der Waals surface area (Å²) in [5.74, 6) is -1.06. The van der Waals surface area contributed by atoms with E-state index in [2.05, 4.69) is 0 Å². The van der Waals surface area contributed by atoms with Crippen LogP contribution in [0, 0.1) is 13.8 Å². The Hall–Kier alpha value is -2.60. The van der Waals surface area contributed by atoms with Crippen LogP contribution in [0.2, 0.25) is 5.02 Å². The monoisotopic (exact) mass is 404 g/mol. The van der Waals surface area contributed by atoms with E-state index in [9.17, 15) is 14.4 Å². The molecule has 0 atom stereocenters. The maximum atomic E-state index is 13.1. The van der Waals surface area contributed by atoms with E-state index < -0.39 is 5.97 Å². The molecule has 6 nitrogen and oxygen atoms in total. The SMILES string of the molecule is COC(=O)c1c(C)c(C(=O)CN(C(=O)c2ccccc2Cl)C(C)C)c(C)n1C. The number of halogens is 1. The normalized spacial score (nSPS) is 10.9. The molecule has 7 heteroatoms. The topological polar surface area (TPSA) is 68.6 Å². The molecule has 0 radical (unpaired) electrons. The van der Waals surface area contributed by atoms with Crippen LogP contribution in [-0.2, 0) is 11.8 Å². The molecule has 0 aliphatic rings. The fourth-order valence-electron chi connectivity index (χ4n) is 3.29. The highest BCUT2D eigenvalue weighted by atomic mass is 35.5. The van der Waals surface area contributed by atoms with Crippen molar-refractivity contribution in [3.63, 3.8) is 0 Å². The first-order chi connectivity index (χ1) is 13.1. The van der Waals surface area contributed by atoms with Crippen molar-refractivity contribution in [2.24, 2.45) is 7.05 Å². The number of carbonyl (C=O) groups is 3. The van der Waals surface area contributed by atoms with Gasteiger partial charge in [0.05, 0.1) is 24.2 Å². The van der Waals surface area contributed by atoms with Gasteiger partial charge in [-0.1, -0.05) is 23.7 Å². The van der Waals surface area contributed by atoms with E-state index in [1.165, 1.54) is 12.0 Å². The van der Waals surface area contributed by atoms with Gasteiger partial charge in [0.15, 0.2) is 5.78 Å². The van der Waals surface area contributed by atoms with Gasteiger partial charge in [0.2, 0.25) is 0 Å². The van der Waals surface area contributed by atoms with Crippen molar-refractivity contribution in [3.8, 4) is 0 Å². The molecule has 1 amide bonds. The van der Waals surface area contributed by atoms with Gasteiger partial charge in [0.1, 0.15) is 5.69 Å². The van der Waals surface area contributed by atoms with Crippen molar-refractivity contribution in [1.29, 1.82) is 0 Å². The second-order valence-electron chi connectivity index (χ2n) is 6.91. The van der Waals surface area contributed by atoms with Gasteiger partial charge in [-0.2, -0.15) is 0 Å². The van der Waals surface area contributed by atoms with Gasteiger partial charge in [-0.25, -0.2) is 4.79 Å². The van der Waals surface area contributed by atoms with Gasteiger partial charge in [-0.3, -0.25) is 9.59 Å². The van der Waals surface area contributed by atoms with E-state index in [1.54, 1.807) is 49.7 Å². The standard InChI is InChI=1S/C21H25ClN2O4/c1-12(2)24(20(26)15-9-7-8-10-16(15)22)11-17(25)18-13(3)19(21(27)28-6)23(5)14(18)4/h7-10,12H,11H2,1-6H3. The van der Waals surface area contributed by atoms with Crippen LogP contribution in [0.4, 0.5) is 0 Å². The lowest BCUT2D eigenvalue weighted by Crippen LogP contribution is -2.41. The Kier molecular flexibility index (Phi) is 6.67. The van der Waals surface area contributed by atoms with Gasteiger partial charge in [0, 0.05) is 24.3 Å². The molecular weight excluding hydrogens is 380 g/mol. The summed E-state index contributed by atoms with van der Waals surface area (Å²) in [6.07, 6.45) is 0. The van der Waals surface area contributed by atoms with Crippen LogP contribution in [0.15, 0.2) is 24.3 Å². The van der Waals surface area contributed by atoms with Crippen LogP contribution in [0.5, 0.6) is 0 Å². The van der Waals surface area contributed by atoms with Crippen molar-refractivity contribution in [2.75, 3.05) is 13.7 Å². The molecule has 2 rings (SSSR count). The molecule has 150 valence electrons. The van der Waals surface area contributed by atoms with Crippen molar-refractivity contribution in [1.82, 2.24) is 9.47 Å². The third-order valence-electron chi connectivity index (χ3n) is 4.89. The van der Waals surface area contributed by atoms with E-state index in [-0.39, 0.29) is 24.3 Å². The van der Waals surface area contributed by atoms with E-state index in [0.29, 0.717) is 33.1 Å². The van der Waals surface area contributed by atoms with E-state index in [4.69, 9.17) is 16.3 Å². The number of amides is 1. The predicted octanol–water partition coefficient (Wildman–Crippen LogP) is 3.82. The fourth-order valence-corrected chi connectivity index (χ4v) is 3.50. The summed E-state index contributed by atoms with van der Waals surface area (Å²) in [6.45, 7) is 7.04. The van der Waals surface area contributed by atoms with E-state index >= 15 is 0 Å². The van der Waals surface area contributed by atoms with Gasteiger partial charge < -0.3 is 14.2 Å². The highest BCUT2D eigenvalue weighted by molar-refractivity contribution is 6.33. The summed E-state index contributed by atoms with van der Waals surface area (Å²) in [5.41, 5.74) is 2.31. The number of carbonyl (C=O) groups excluding carboxylic acids is 3. The number of hydrogen-bond donors (Lipinski definition) is 0. The predicted molar refractivity (Wildman–Crippen MR) is 108 cm³/mol. The molecular formula is C21H25ClN2O4. The number of Topliss-reactive ketones (excluding diaryl/α,β-unsaturated/α-hetero) is 1. The van der Waals surface area contributed by atoms with Gasteiger partial charge in [-0.05, 0) is 45.4 Å². The number of hydrogen-bond acceptors (Lipinski definition) is 4. The third kappa shape index (κ3) is 3.97. The minimum atomic E-state index is -0.505. The maximum Gasteiger partial charge on any atom is 0.354 e. The molecule has 0 bridgehead atoms. The quantitative estimate of drug-likeness (QED) is 0.542. The zero-order chi connectivity index (χ0) is 21.2. The first-order valence-electron chi connectivity index (χ1n) is 8.94. The molecule has 0 spiro atoms. The smallest absolute Gasteiger partial charge is 0.354 e. The molecule has 0 unspecified atom stereocenters. The molecule has 2 aromatic rings. The summed E-state index contributed by atoms with van der Waals surface area (Å²) in [5, 5.41) is 0.339. The molecule has 28 heavy (non-hydrogen) atoms. The van der Waals surface area contributed by atoms with E-state index in [0.717, 1.165) is 0 Å². The highest BCUT2D eigenvalue weighted by Crippen LogP contribution is 2.24. The van der Waals surface area contributed by atoms with E-state index in [1.807, 2.05) is 13.8 Å². The zero-order valence-electron chi connectivity index (χ0n) is 17.0. The Morgan fingerprint density at radius 1 is 1.18 bits per heavy atom. The second kappa shape index (κ2) is 8.61. The fraction of sp³-hybridized carbons (Fsp3) is 0.381. The van der Waals surface area contributed by atoms with Crippen LogP contribution < -0.4 is 0 Å². The van der Waals surface area contributed by atoms with Crippen LogP contribution in [0.25, 0.3) is 0 Å². The second-order valence-corrected chi connectivity index (χ2v) is 7.32. The maximum absolute atomic E-state index is 13.1. The summed E-state index contributed by atoms with van der Waals surface area (Å²) in [7, 11) is 3.01. The molecule has 0 aliphatic carbocycles. The van der Waals surface area contributed by atoms with Crippen LogP contribution >= 0.6 is 11.6 Å². The molecule has 0 N–H and O–H groups in total. The van der Waals surface area contributed by atoms with Crippen molar-refractivity contribution in [2.45, 2.75) is 33.7 Å². The Bertz CT molecular complexity index is 931. The lowest BCUT2D eigenvalue weighted by atomic mass is 10.0. The van der Waals surface area contributed by atoms with Crippen LogP contribution in [-0.4, -0.2) is 46.8 Å². The highest BCUT2D eigenvalue weighted by Gasteiger charge is 2.29. The number of aromatic nitrogens is 1. The average molecular weight is 405 g/mol. The molecule has 1 aromatic carbocycles. The first kappa shape index (κ1) is 21.7. The van der Waals surface area contributed by atoms with Gasteiger partial charge >= 0.3 is 5.97 Å². The molecule has 1 heterocycles. The number of esters is 1. The number of benzene rings is 1. The molecule has 0 saturated carbocycles. The summed E-state index contributed by atoms with van der Waals surface area (Å²) in [6, 6.07) is 6.54. The minimum absolute atomic E-state index is 0.117. The summed E-state index contributed by atoms with van der Waals surface area (Å²) in [4.78, 5) is 39.6. The van der Waals surface area contributed by atoms with Crippen LogP contribution in [0.1, 0.15) is 56.3 Å². The van der Waals surface area contributed by atoms with Gasteiger partial charge in [0.25, 0.3) is 5.91 Å². The number of ether oxygens (including phenoxy) is 1. The Labute approximate surface area is 170 Å². The Morgan fingerprint density at radius 2 is 1.79 bits per heavy atom. The third-order valence-corrected chi connectivity index (χ3v) is 5.22. The van der Waals surface area contributed by atoms with Crippen molar-refractivity contribution in [3.05, 3.63) is 57.4 Å². The lowest BCUT2D eigenvalue weighted by Gasteiger charge is -2.26. The zero-order valence-corrected chi connectivity index (χ0v) is 17.8. The minimum Gasteiger partial charge on any atom is -0.464 e. The van der Waals surface area contributed by atoms with Gasteiger partial charge in [-0.15, -0.1) is 0 Å². The Balaban J connectivity index is 2.40. The van der Waals surface area contributed by atoms with Crippen molar-refractivity contribution >= 4 is 29.3 Å². The number of ketones is 1. The molecule has 1 aromatic heterocycles. The summed E-state index contributed by atoms with van der Waals surface area (Å²) < 4.78 is 6.47. The summed E-state index contributed by atoms with van der Waals surface area (Å²) >= 11 is 6.16.